The van der Waals surface area contributed by atoms with Crippen LogP contribution in [0, 0.1) is 11.7 Å². The molecule has 0 saturated heterocycles. The molecule has 1 nitrogen and oxygen atoms in total. The molecule has 0 aliphatic heterocycles. The van der Waals surface area contributed by atoms with Gasteiger partial charge in [0.1, 0.15) is 5.82 Å². The molecule has 0 amide bonds. The highest BCUT2D eigenvalue weighted by Crippen LogP contribution is 2.30. The van der Waals surface area contributed by atoms with E-state index in [1.807, 2.05) is 0 Å². The van der Waals surface area contributed by atoms with Crippen molar-refractivity contribution in [2.24, 2.45) is 5.92 Å². The molecular formula is C14H18ClFO. The van der Waals surface area contributed by atoms with Crippen molar-refractivity contribution in [3.05, 3.63) is 34.6 Å². The zero-order chi connectivity index (χ0) is 12.3. The summed E-state index contributed by atoms with van der Waals surface area (Å²) in [5, 5.41) is 10.1. The van der Waals surface area contributed by atoms with Gasteiger partial charge >= 0.3 is 0 Å². The maximum atomic E-state index is 13.2. The van der Waals surface area contributed by atoms with Gasteiger partial charge in [-0.2, -0.15) is 0 Å². The van der Waals surface area contributed by atoms with Gasteiger partial charge < -0.3 is 5.11 Å². The molecule has 0 spiro atoms. The van der Waals surface area contributed by atoms with E-state index in [4.69, 9.17) is 11.6 Å². The summed E-state index contributed by atoms with van der Waals surface area (Å²) in [7, 11) is 0. The van der Waals surface area contributed by atoms with Crippen LogP contribution in [0.25, 0.3) is 0 Å². The molecule has 1 unspecified atom stereocenters. The van der Waals surface area contributed by atoms with Crippen molar-refractivity contribution in [3.63, 3.8) is 0 Å². The molecule has 1 aromatic rings. The zero-order valence-electron chi connectivity index (χ0n) is 9.83. The van der Waals surface area contributed by atoms with Crippen molar-refractivity contribution in [3.8, 4) is 0 Å². The molecule has 94 valence electrons. The summed E-state index contributed by atoms with van der Waals surface area (Å²) in [5.74, 6) is 0.231. The SMILES string of the molecule is OC(Cc1cccc(F)c1Cl)CC1CCCC1. The minimum Gasteiger partial charge on any atom is -0.393 e. The quantitative estimate of drug-likeness (QED) is 0.865. The summed E-state index contributed by atoms with van der Waals surface area (Å²) in [6.07, 6.45) is 5.84. The summed E-state index contributed by atoms with van der Waals surface area (Å²) in [4.78, 5) is 0. The Balaban J connectivity index is 1.93. The second kappa shape index (κ2) is 5.83. The summed E-state index contributed by atoms with van der Waals surface area (Å²) in [5.41, 5.74) is 0.706. The Morgan fingerprint density at radius 3 is 2.76 bits per heavy atom. The second-order valence-electron chi connectivity index (χ2n) is 4.96. The summed E-state index contributed by atoms with van der Waals surface area (Å²) < 4.78 is 13.2. The Kier molecular flexibility index (Phi) is 4.41. The van der Waals surface area contributed by atoms with Crippen molar-refractivity contribution < 1.29 is 9.50 Å². The molecule has 1 aliphatic rings. The van der Waals surface area contributed by atoms with Crippen molar-refractivity contribution in [1.29, 1.82) is 0 Å². The van der Waals surface area contributed by atoms with Crippen LogP contribution in [0.3, 0.4) is 0 Å². The van der Waals surface area contributed by atoms with Crippen molar-refractivity contribution in [2.75, 3.05) is 0 Å². The first-order valence-electron chi connectivity index (χ1n) is 6.27. The molecule has 0 radical (unpaired) electrons. The lowest BCUT2D eigenvalue weighted by Crippen LogP contribution is -2.15. The van der Waals surface area contributed by atoms with Gasteiger partial charge in [0, 0.05) is 0 Å². The van der Waals surface area contributed by atoms with Crippen LogP contribution in [0.4, 0.5) is 4.39 Å². The van der Waals surface area contributed by atoms with Gasteiger partial charge in [0.15, 0.2) is 0 Å². The normalized spacial score (nSPS) is 18.5. The molecular weight excluding hydrogens is 239 g/mol. The number of benzene rings is 1. The Hall–Kier alpha value is -0.600. The van der Waals surface area contributed by atoms with Crippen LogP contribution in [-0.4, -0.2) is 11.2 Å². The lowest BCUT2D eigenvalue weighted by molar-refractivity contribution is 0.143. The first kappa shape index (κ1) is 12.8. The first-order valence-corrected chi connectivity index (χ1v) is 6.65. The Bertz CT molecular complexity index is 374. The van der Waals surface area contributed by atoms with Crippen molar-refractivity contribution in [2.45, 2.75) is 44.6 Å². The molecule has 1 atom stereocenters. The van der Waals surface area contributed by atoms with Gasteiger partial charge in [-0.15, -0.1) is 0 Å². The Morgan fingerprint density at radius 1 is 1.35 bits per heavy atom. The van der Waals surface area contributed by atoms with Crippen LogP contribution in [0.5, 0.6) is 0 Å². The van der Waals surface area contributed by atoms with Gasteiger partial charge in [-0.05, 0) is 30.4 Å². The molecule has 0 heterocycles. The van der Waals surface area contributed by atoms with E-state index in [9.17, 15) is 9.50 Å². The summed E-state index contributed by atoms with van der Waals surface area (Å²) in [6.45, 7) is 0. The topological polar surface area (TPSA) is 20.2 Å². The predicted molar refractivity (Wildman–Crippen MR) is 67.7 cm³/mol. The molecule has 1 fully saturated rings. The van der Waals surface area contributed by atoms with E-state index in [0.29, 0.717) is 17.9 Å². The molecule has 1 aliphatic carbocycles. The van der Waals surface area contributed by atoms with E-state index in [1.165, 1.54) is 31.7 Å². The fraction of sp³-hybridized carbons (Fsp3) is 0.571. The predicted octanol–water partition coefficient (Wildman–Crippen LogP) is 3.96. The highest BCUT2D eigenvalue weighted by atomic mass is 35.5. The van der Waals surface area contributed by atoms with Gasteiger partial charge in [-0.3, -0.25) is 0 Å². The largest absolute Gasteiger partial charge is 0.393 e. The maximum Gasteiger partial charge on any atom is 0.142 e. The first-order chi connectivity index (χ1) is 8.16. The van der Waals surface area contributed by atoms with Crippen molar-refractivity contribution in [1.82, 2.24) is 0 Å². The number of halogens is 2. The van der Waals surface area contributed by atoms with Crippen LogP contribution < -0.4 is 0 Å². The van der Waals surface area contributed by atoms with Crippen LogP contribution in [-0.2, 0) is 6.42 Å². The molecule has 0 bridgehead atoms. The minimum atomic E-state index is -0.405. The number of aliphatic hydroxyl groups is 1. The van der Waals surface area contributed by atoms with Gasteiger partial charge in [0.25, 0.3) is 0 Å². The number of aliphatic hydroxyl groups excluding tert-OH is 1. The monoisotopic (exact) mass is 256 g/mol. The molecule has 1 saturated carbocycles. The van der Waals surface area contributed by atoms with Gasteiger partial charge in [-0.1, -0.05) is 49.4 Å². The van der Waals surface area contributed by atoms with E-state index in [0.717, 1.165) is 6.42 Å². The van der Waals surface area contributed by atoms with Gasteiger partial charge in [-0.25, -0.2) is 4.39 Å². The number of hydrogen-bond acceptors (Lipinski definition) is 1. The smallest absolute Gasteiger partial charge is 0.142 e. The van der Waals surface area contributed by atoms with E-state index in [2.05, 4.69) is 0 Å². The highest BCUT2D eigenvalue weighted by molar-refractivity contribution is 6.31. The zero-order valence-corrected chi connectivity index (χ0v) is 10.6. The maximum absolute atomic E-state index is 13.2. The van der Waals surface area contributed by atoms with Crippen LogP contribution >= 0.6 is 11.6 Å². The lowest BCUT2D eigenvalue weighted by atomic mass is 9.96. The van der Waals surface area contributed by atoms with Crippen molar-refractivity contribution >= 4 is 11.6 Å². The second-order valence-corrected chi connectivity index (χ2v) is 5.34. The highest BCUT2D eigenvalue weighted by Gasteiger charge is 2.19. The summed E-state index contributed by atoms with van der Waals surface area (Å²) >= 11 is 5.87. The van der Waals surface area contributed by atoms with E-state index in [-0.39, 0.29) is 5.02 Å². The fourth-order valence-corrected chi connectivity index (χ4v) is 2.88. The van der Waals surface area contributed by atoms with Gasteiger partial charge in [0.05, 0.1) is 11.1 Å². The third kappa shape index (κ3) is 3.43. The van der Waals surface area contributed by atoms with Crippen LogP contribution in [0.15, 0.2) is 18.2 Å². The molecule has 2 rings (SSSR count). The Labute approximate surface area is 107 Å². The molecule has 3 heteroatoms. The van der Waals surface area contributed by atoms with E-state index < -0.39 is 11.9 Å². The average Bonchev–Trinajstić information content (AvgIpc) is 2.77. The molecule has 0 aromatic heterocycles. The number of hydrogen-bond donors (Lipinski definition) is 1. The van der Waals surface area contributed by atoms with E-state index in [1.54, 1.807) is 12.1 Å². The summed E-state index contributed by atoms with van der Waals surface area (Å²) in [6, 6.07) is 4.76. The minimum absolute atomic E-state index is 0.151. The average molecular weight is 257 g/mol. The number of rotatable bonds is 4. The molecule has 1 N–H and O–H groups in total. The third-order valence-electron chi connectivity index (χ3n) is 3.57. The van der Waals surface area contributed by atoms with Crippen LogP contribution in [0.1, 0.15) is 37.7 Å². The van der Waals surface area contributed by atoms with Crippen LogP contribution in [0.2, 0.25) is 5.02 Å². The van der Waals surface area contributed by atoms with Gasteiger partial charge in [0.2, 0.25) is 0 Å². The van der Waals surface area contributed by atoms with E-state index >= 15 is 0 Å². The molecule has 17 heavy (non-hydrogen) atoms. The third-order valence-corrected chi connectivity index (χ3v) is 3.99. The molecule has 1 aromatic carbocycles. The lowest BCUT2D eigenvalue weighted by Gasteiger charge is -2.16. The Morgan fingerprint density at radius 2 is 2.06 bits per heavy atom. The standard InChI is InChI=1S/C14H18ClFO/c15-14-11(6-3-7-13(14)16)9-12(17)8-10-4-1-2-5-10/h3,6-7,10,12,17H,1-2,4-5,8-9H2. The fourth-order valence-electron chi connectivity index (χ4n) is 2.67.